The Morgan fingerprint density at radius 1 is 1.21 bits per heavy atom. The van der Waals surface area contributed by atoms with Gasteiger partial charge in [0.25, 0.3) is 5.91 Å². The molecule has 0 radical (unpaired) electrons. The molecule has 1 amide bonds. The summed E-state index contributed by atoms with van der Waals surface area (Å²) in [6.07, 6.45) is 3.79. The van der Waals surface area contributed by atoms with Gasteiger partial charge in [0, 0.05) is 12.1 Å². The first kappa shape index (κ1) is 18.4. The van der Waals surface area contributed by atoms with Crippen LogP contribution in [0.1, 0.15) is 49.4 Å². The monoisotopic (exact) mass is 353 g/mol. The zero-order valence-corrected chi connectivity index (χ0v) is 14.6. The highest BCUT2D eigenvalue weighted by molar-refractivity contribution is 7.91. The van der Waals surface area contributed by atoms with E-state index in [-0.39, 0.29) is 22.8 Å². The molecule has 2 N–H and O–H groups in total. The van der Waals surface area contributed by atoms with Crippen molar-refractivity contribution < 1.29 is 23.1 Å². The lowest BCUT2D eigenvalue weighted by Gasteiger charge is -2.33. The van der Waals surface area contributed by atoms with E-state index in [1.54, 1.807) is 6.92 Å². The molecule has 0 bridgehead atoms. The van der Waals surface area contributed by atoms with Crippen molar-refractivity contribution in [2.75, 3.05) is 12.3 Å². The summed E-state index contributed by atoms with van der Waals surface area (Å²) in [5.74, 6) is -1.38. The molecule has 0 aromatic heterocycles. The number of rotatable bonds is 6. The smallest absolute Gasteiger partial charge is 0.311 e. The molecule has 1 fully saturated rings. The number of aliphatic carboxylic acids is 1. The fourth-order valence-corrected chi connectivity index (χ4v) is 3.97. The molecule has 1 saturated carbocycles. The number of hydrogen-bond donors (Lipinski definition) is 2. The van der Waals surface area contributed by atoms with Crippen LogP contribution in [0.5, 0.6) is 0 Å². The number of sulfone groups is 1. The van der Waals surface area contributed by atoms with Gasteiger partial charge in [-0.05, 0) is 31.0 Å². The van der Waals surface area contributed by atoms with Crippen LogP contribution in [0, 0.1) is 5.41 Å². The minimum absolute atomic E-state index is 0.0415. The van der Waals surface area contributed by atoms with Gasteiger partial charge in [0.1, 0.15) is 0 Å². The number of amides is 1. The minimum Gasteiger partial charge on any atom is -0.481 e. The zero-order chi connectivity index (χ0) is 17.8. The summed E-state index contributed by atoms with van der Waals surface area (Å²) in [5.41, 5.74) is -0.693. The summed E-state index contributed by atoms with van der Waals surface area (Å²) in [4.78, 5) is 24.0. The van der Waals surface area contributed by atoms with Crippen molar-refractivity contribution >= 4 is 21.7 Å². The van der Waals surface area contributed by atoms with Crippen LogP contribution in [-0.2, 0) is 14.6 Å². The summed E-state index contributed by atoms with van der Waals surface area (Å²) in [5, 5.41) is 12.2. The average molecular weight is 353 g/mol. The lowest BCUT2D eigenvalue weighted by Crippen LogP contribution is -2.44. The van der Waals surface area contributed by atoms with Gasteiger partial charge in [-0.15, -0.1) is 0 Å². The van der Waals surface area contributed by atoms with E-state index in [9.17, 15) is 23.1 Å². The van der Waals surface area contributed by atoms with Crippen molar-refractivity contribution in [2.45, 2.75) is 43.9 Å². The molecule has 0 heterocycles. The van der Waals surface area contributed by atoms with Crippen molar-refractivity contribution in [2.24, 2.45) is 5.41 Å². The van der Waals surface area contributed by atoms with Crippen LogP contribution in [0.25, 0.3) is 0 Å². The normalized spacial score (nSPS) is 17.2. The Labute approximate surface area is 142 Å². The van der Waals surface area contributed by atoms with Crippen molar-refractivity contribution in [3.8, 4) is 0 Å². The Bertz CT molecular complexity index is 720. The van der Waals surface area contributed by atoms with Crippen LogP contribution in [0.2, 0.25) is 0 Å². The van der Waals surface area contributed by atoms with Crippen molar-refractivity contribution in [1.82, 2.24) is 5.32 Å². The van der Waals surface area contributed by atoms with Gasteiger partial charge in [-0.3, -0.25) is 9.59 Å². The van der Waals surface area contributed by atoms with Crippen LogP contribution in [0.4, 0.5) is 0 Å². The quantitative estimate of drug-likeness (QED) is 0.817. The summed E-state index contributed by atoms with van der Waals surface area (Å²) >= 11 is 0. The second-order valence-corrected chi connectivity index (χ2v) is 8.54. The summed E-state index contributed by atoms with van der Waals surface area (Å²) in [7, 11) is -3.39. The van der Waals surface area contributed by atoms with E-state index in [2.05, 4.69) is 5.32 Å². The molecule has 0 atom stereocenters. The lowest BCUT2D eigenvalue weighted by molar-refractivity contribution is -0.150. The Kier molecular flexibility index (Phi) is 5.64. The molecule has 7 heteroatoms. The maximum Gasteiger partial charge on any atom is 0.311 e. The molecule has 0 saturated heterocycles. The highest BCUT2D eigenvalue weighted by atomic mass is 32.2. The third-order valence-corrected chi connectivity index (χ3v) is 6.42. The predicted octanol–water partition coefficient (Wildman–Crippen LogP) is 2.25. The number of carbonyl (C=O) groups excluding carboxylic acids is 1. The van der Waals surface area contributed by atoms with E-state index in [4.69, 9.17) is 0 Å². The van der Waals surface area contributed by atoms with Gasteiger partial charge in [0.05, 0.1) is 16.1 Å². The fraction of sp³-hybridized carbons (Fsp3) is 0.529. The number of carboxylic acid groups (broad SMARTS) is 1. The molecule has 24 heavy (non-hydrogen) atoms. The zero-order valence-electron chi connectivity index (χ0n) is 13.7. The second kappa shape index (κ2) is 7.34. The average Bonchev–Trinajstić information content (AvgIpc) is 2.60. The topological polar surface area (TPSA) is 101 Å². The Morgan fingerprint density at radius 2 is 1.88 bits per heavy atom. The molecular formula is C17H23NO5S. The van der Waals surface area contributed by atoms with Gasteiger partial charge in [-0.25, -0.2) is 8.42 Å². The van der Waals surface area contributed by atoms with Crippen LogP contribution in [-0.4, -0.2) is 37.7 Å². The summed E-state index contributed by atoms with van der Waals surface area (Å²) < 4.78 is 23.8. The fourth-order valence-electron chi connectivity index (χ4n) is 3.04. The van der Waals surface area contributed by atoms with Crippen LogP contribution >= 0.6 is 0 Å². The highest BCUT2D eigenvalue weighted by Gasteiger charge is 2.39. The molecule has 1 aliphatic rings. The molecule has 1 aromatic rings. The number of nitrogens with one attached hydrogen (secondary N) is 1. The first-order chi connectivity index (χ1) is 11.3. The lowest BCUT2D eigenvalue weighted by atomic mass is 9.74. The third-order valence-electron chi connectivity index (χ3n) is 4.69. The molecule has 0 aliphatic heterocycles. The van der Waals surface area contributed by atoms with Gasteiger partial charge in [-0.2, -0.15) is 0 Å². The Morgan fingerprint density at radius 3 is 2.46 bits per heavy atom. The van der Waals surface area contributed by atoms with E-state index >= 15 is 0 Å². The minimum atomic E-state index is -3.39. The molecule has 6 nitrogen and oxygen atoms in total. The molecule has 0 unspecified atom stereocenters. The number of carbonyl (C=O) groups is 2. The van der Waals surface area contributed by atoms with Gasteiger partial charge in [0.15, 0.2) is 9.84 Å². The molecular weight excluding hydrogens is 330 g/mol. The largest absolute Gasteiger partial charge is 0.481 e. The molecule has 0 spiro atoms. The predicted molar refractivity (Wildman–Crippen MR) is 89.7 cm³/mol. The van der Waals surface area contributed by atoms with Crippen LogP contribution in [0.15, 0.2) is 29.2 Å². The Hall–Kier alpha value is -1.89. The third kappa shape index (κ3) is 3.95. The standard InChI is InChI=1S/C17H23NO5S/c1-2-24(22,23)14-8-6-7-13(11-14)15(19)18-12-17(16(20)21)9-4-3-5-10-17/h6-8,11H,2-5,9-10,12H2,1H3,(H,18,19)(H,20,21). The molecule has 1 aliphatic carbocycles. The highest BCUT2D eigenvalue weighted by Crippen LogP contribution is 2.36. The van der Waals surface area contributed by atoms with E-state index in [1.807, 2.05) is 0 Å². The van der Waals surface area contributed by atoms with E-state index < -0.39 is 27.1 Å². The van der Waals surface area contributed by atoms with Gasteiger partial charge < -0.3 is 10.4 Å². The summed E-state index contributed by atoms with van der Waals surface area (Å²) in [6, 6.07) is 5.83. The number of carboxylic acids is 1. The van der Waals surface area contributed by atoms with Crippen LogP contribution in [0.3, 0.4) is 0 Å². The van der Waals surface area contributed by atoms with Gasteiger partial charge >= 0.3 is 5.97 Å². The van der Waals surface area contributed by atoms with Crippen molar-refractivity contribution in [1.29, 1.82) is 0 Å². The van der Waals surface area contributed by atoms with Crippen molar-refractivity contribution in [3.63, 3.8) is 0 Å². The Balaban J connectivity index is 2.12. The molecule has 1 aromatic carbocycles. The van der Waals surface area contributed by atoms with Crippen molar-refractivity contribution in [3.05, 3.63) is 29.8 Å². The first-order valence-electron chi connectivity index (χ1n) is 8.15. The number of hydrogen-bond acceptors (Lipinski definition) is 4. The first-order valence-corrected chi connectivity index (χ1v) is 9.80. The summed E-state index contributed by atoms with van der Waals surface area (Å²) in [6.45, 7) is 1.60. The van der Waals surface area contributed by atoms with Crippen LogP contribution < -0.4 is 5.32 Å². The maximum absolute atomic E-state index is 12.3. The van der Waals surface area contributed by atoms with Gasteiger partial charge in [0.2, 0.25) is 0 Å². The molecule has 132 valence electrons. The van der Waals surface area contributed by atoms with E-state index in [0.29, 0.717) is 12.8 Å². The maximum atomic E-state index is 12.3. The SMILES string of the molecule is CCS(=O)(=O)c1cccc(C(=O)NCC2(C(=O)O)CCCCC2)c1. The second-order valence-electron chi connectivity index (χ2n) is 6.26. The van der Waals surface area contributed by atoms with E-state index in [0.717, 1.165) is 19.3 Å². The molecule has 2 rings (SSSR count). The van der Waals surface area contributed by atoms with E-state index in [1.165, 1.54) is 24.3 Å². The number of benzene rings is 1. The van der Waals surface area contributed by atoms with Gasteiger partial charge in [-0.1, -0.05) is 32.3 Å².